The first-order chi connectivity index (χ1) is 15.3. The van der Waals surface area contributed by atoms with Gasteiger partial charge in [0.1, 0.15) is 5.82 Å². The van der Waals surface area contributed by atoms with Crippen LogP contribution in [0.25, 0.3) is 11.0 Å². The molecule has 0 fully saturated rings. The maximum absolute atomic E-state index is 13.3. The maximum Gasteiger partial charge on any atom is 0.257 e. The molecule has 0 radical (unpaired) electrons. The van der Waals surface area contributed by atoms with E-state index in [0.717, 1.165) is 16.8 Å². The number of anilines is 2. The van der Waals surface area contributed by atoms with Crippen molar-refractivity contribution in [3.05, 3.63) is 89.2 Å². The Labute approximate surface area is 184 Å². The van der Waals surface area contributed by atoms with Gasteiger partial charge in [-0.2, -0.15) is 0 Å². The monoisotopic (exact) mass is 428 g/mol. The van der Waals surface area contributed by atoms with Gasteiger partial charge in [-0.25, -0.2) is 9.37 Å². The highest BCUT2D eigenvalue weighted by atomic mass is 19.1. The van der Waals surface area contributed by atoms with Crippen molar-refractivity contribution in [3.8, 4) is 0 Å². The first kappa shape index (κ1) is 19.9. The third-order valence-electron chi connectivity index (χ3n) is 5.87. The van der Waals surface area contributed by atoms with E-state index < -0.39 is 5.41 Å². The van der Waals surface area contributed by atoms with Crippen LogP contribution in [0.2, 0.25) is 0 Å². The third kappa shape index (κ3) is 3.32. The quantitative estimate of drug-likeness (QED) is 0.491. The van der Waals surface area contributed by atoms with E-state index in [1.54, 1.807) is 41.3 Å². The number of halogens is 1. The van der Waals surface area contributed by atoms with Crippen LogP contribution in [0.1, 0.15) is 35.3 Å². The molecule has 1 aromatic heterocycles. The summed E-state index contributed by atoms with van der Waals surface area (Å²) in [6.45, 7) is 4.11. The van der Waals surface area contributed by atoms with Crippen LogP contribution in [0.3, 0.4) is 0 Å². The highest BCUT2D eigenvalue weighted by molar-refractivity contribution is 6.10. The lowest BCUT2D eigenvalue weighted by Gasteiger charge is -2.20. The number of amides is 2. The molecular weight excluding hydrogens is 407 g/mol. The molecule has 32 heavy (non-hydrogen) atoms. The number of fused-ring (bicyclic) bond motifs is 2. The van der Waals surface area contributed by atoms with Gasteiger partial charge < -0.3 is 9.88 Å². The molecule has 0 unspecified atom stereocenters. The fraction of sp³-hybridized carbons (Fsp3) is 0.160. The number of aromatic amines is 1. The number of carbonyl (C=O) groups excluding carboxylic acids is 2. The molecule has 0 bridgehead atoms. The Morgan fingerprint density at radius 2 is 1.81 bits per heavy atom. The number of nitrogens with zero attached hydrogens (tertiary/aromatic N) is 2. The topological polar surface area (TPSA) is 78.1 Å². The summed E-state index contributed by atoms with van der Waals surface area (Å²) in [5, 5.41) is 2.79. The van der Waals surface area contributed by atoms with Gasteiger partial charge in [-0.1, -0.05) is 30.3 Å². The van der Waals surface area contributed by atoms with Crippen molar-refractivity contribution in [2.75, 3.05) is 10.2 Å². The van der Waals surface area contributed by atoms with Crippen molar-refractivity contribution >= 4 is 34.5 Å². The lowest BCUT2D eigenvalue weighted by Crippen LogP contribution is -2.35. The summed E-state index contributed by atoms with van der Waals surface area (Å²) in [6.07, 6.45) is 0. The minimum absolute atomic E-state index is 0.0259. The van der Waals surface area contributed by atoms with Crippen LogP contribution < -0.4 is 10.2 Å². The highest BCUT2D eigenvalue weighted by Crippen LogP contribution is 2.44. The number of benzene rings is 3. The van der Waals surface area contributed by atoms with Crippen LogP contribution in [0, 0.1) is 5.82 Å². The molecule has 2 N–H and O–H groups in total. The van der Waals surface area contributed by atoms with E-state index >= 15 is 0 Å². The second kappa shape index (κ2) is 7.30. The fourth-order valence-electron chi connectivity index (χ4n) is 4.09. The number of hydrogen-bond acceptors (Lipinski definition) is 3. The van der Waals surface area contributed by atoms with Gasteiger partial charge in [0.25, 0.3) is 5.91 Å². The molecule has 1 aliphatic heterocycles. The molecule has 6 nitrogen and oxygen atoms in total. The largest absolute Gasteiger partial charge is 0.324 e. The molecule has 1 aliphatic rings. The van der Waals surface area contributed by atoms with E-state index in [0.29, 0.717) is 29.1 Å². The predicted octanol–water partition coefficient (Wildman–Crippen LogP) is 4.78. The molecule has 2 amide bonds. The Bertz CT molecular complexity index is 1340. The lowest BCUT2D eigenvalue weighted by molar-refractivity contribution is -0.122. The number of hydrogen-bond donors (Lipinski definition) is 2. The van der Waals surface area contributed by atoms with Crippen LogP contribution >= 0.6 is 0 Å². The summed E-state index contributed by atoms with van der Waals surface area (Å²) in [4.78, 5) is 35.0. The molecule has 4 aromatic rings. The maximum atomic E-state index is 13.3. The molecule has 2 heterocycles. The van der Waals surface area contributed by atoms with E-state index in [1.165, 1.54) is 12.1 Å². The van der Waals surface area contributed by atoms with Crippen molar-refractivity contribution in [3.63, 3.8) is 0 Å². The van der Waals surface area contributed by atoms with E-state index in [9.17, 15) is 14.0 Å². The van der Waals surface area contributed by atoms with Crippen LogP contribution in [0.15, 0.2) is 66.7 Å². The van der Waals surface area contributed by atoms with E-state index in [2.05, 4.69) is 15.3 Å². The van der Waals surface area contributed by atoms with Crippen molar-refractivity contribution in [2.45, 2.75) is 25.8 Å². The predicted molar refractivity (Wildman–Crippen MR) is 121 cm³/mol. The van der Waals surface area contributed by atoms with Crippen molar-refractivity contribution in [1.29, 1.82) is 0 Å². The summed E-state index contributed by atoms with van der Waals surface area (Å²) in [6, 6.07) is 18.8. The minimum Gasteiger partial charge on any atom is -0.324 e. The molecule has 160 valence electrons. The summed E-state index contributed by atoms with van der Waals surface area (Å²) in [5.41, 5.74) is 3.66. The van der Waals surface area contributed by atoms with E-state index in [-0.39, 0.29) is 17.6 Å². The average molecular weight is 428 g/mol. The highest BCUT2D eigenvalue weighted by Gasteiger charge is 2.44. The molecule has 0 aliphatic carbocycles. The van der Waals surface area contributed by atoms with Gasteiger partial charge in [0.2, 0.25) is 11.9 Å². The van der Waals surface area contributed by atoms with Gasteiger partial charge in [-0.3, -0.25) is 14.9 Å². The van der Waals surface area contributed by atoms with Gasteiger partial charge in [0.05, 0.1) is 28.7 Å². The second-order valence-corrected chi connectivity index (χ2v) is 8.43. The normalized spacial score (nSPS) is 14.6. The number of carbonyl (C=O) groups is 2. The van der Waals surface area contributed by atoms with Gasteiger partial charge in [0.15, 0.2) is 0 Å². The number of H-pyrrole nitrogens is 1. The lowest BCUT2D eigenvalue weighted by atomic mass is 9.86. The van der Waals surface area contributed by atoms with Crippen molar-refractivity contribution < 1.29 is 14.0 Å². The van der Waals surface area contributed by atoms with Crippen LogP contribution in [0.4, 0.5) is 16.0 Å². The van der Waals surface area contributed by atoms with Gasteiger partial charge >= 0.3 is 0 Å². The van der Waals surface area contributed by atoms with Crippen LogP contribution in [0.5, 0.6) is 0 Å². The Hall–Kier alpha value is -4.00. The number of imidazole rings is 1. The van der Waals surface area contributed by atoms with Gasteiger partial charge in [-0.15, -0.1) is 0 Å². The zero-order valence-electron chi connectivity index (χ0n) is 17.6. The Balaban J connectivity index is 1.49. The molecule has 7 heteroatoms. The molecule has 0 saturated carbocycles. The zero-order chi connectivity index (χ0) is 22.5. The minimum atomic E-state index is -0.726. The van der Waals surface area contributed by atoms with Gasteiger partial charge in [0, 0.05) is 5.56 Å². The summed E-state index contributed by atoms with van der Waals surface area (Å²) in [7, 11) is 0. The first-order valence-electron chi connectivity index (χ1n) is 10.3. The summed E-state index contributed by atoms with van der Waals surface area (Å²) in [5.74, 6) is -0.258. The van der Waals surface area contributed by atoms with E-state index in [1.807, 2.05) is 32.0 Å². The number of rotatable bonds is 4. The van der Waals surface area contributed by atoms with Crippen molar-refractivity contribution in [2.24, 2.45) is 0 Å². The SMILES string of the molecule is CC1(C)C(=O)N(Cc2ccc(F)cc2)c2cc3[nH]c(NC(=O)c4ccccc4)nc3cc21. The van der Waals surface area contributed by atoms with Gasteiger partial charge in [-0.05, 0) is 61.4 Å². The molecule has 0 saturated heterocycles. The van der Waals surface area contributed by atoms with Crippen molar-refractivity contribution in [1.82, 2.24) is 9.97 Å². The first-order valence-corrected chi connectivity index (χ1v) is 10.3. The molecular formula is C25H21FN4O2. The standard InChI is InChI=1S/C25H21FN4O2/c1-25(2)18-12-19-20(28-24(27-19)29-22(31)16-6-4-3-5-7-16)13-21(18)30(23(25)32)14-15-8-10-17(26)11-9-15/h3-13H,14H2,1-2H3,(H2,27,28,29,31). The molecule has 5 rings (SSSR count). The average Bonchev–Trinajstić information content (AvgIpc) is 3.26. The zero-order valence-corrected chi connectivity index (χ0v) is 17.6. The number of aromatic nitrogens is 2. The second-order valence-electron chi connectivity index (χ2n) is 8.43. The molecule has 0 atom stereocenters. The van der Waals surface area contributed by atoms with Crippen LogP contribution in [-0.4, -0.2) is 21.8 Å². The number of nitrogens with one attached hydrogen (secondary N) is 2. The Morgan fingerprint density at radius 3 is 2.53 bits per heavy atom. The molecule has 0 spiro atoms. The van der Waals surface area contributed by atoms with E-state index in [4.69, 9.17) is 0 Å². The Morgan fingerprint density at radius 1 is 1.09 bits per heavy atom. The fourth-order valence-corrected chi connectivity index (χ4v) is 4.09. The van der Waals surface area contributed by atoms with Crippen LogP contribution in [-0.2, 0) is 16.8 Å². The summed E-state index contributed by atoms with van der Waals surface area (Å²) >= 11 is 0. The smallest absolute Gasteiger partial charge is 0.257 e. The summed E-state index contributed by atoms with van der Waals surface area (Å²) < 4.78 is 13.3. The third-order valence-corrected chi connectivity index (χ3v) is 5.87. The molecule has 3 aromatic carbocycles. The Kier molecular flexibility index (Phi) is 4.55.